The Balaban J connectivity index is 1.81. The third kappa shape index (κ3) is 4.62. The van der Waals surface area contributed by atoms with Crippen LogP contribution in [0.15, 0.2) is 78.4 Å². The summed E-state index contributed by atoms with van der Waals surface area (Å²) >= 11 is 11.9. The van der Waals surface area contributed by atoms with E-state index in [9.17, 15) is 14.4 Å². The molecule has 0 spiro atoms. The molecule has 4 amide bonds. The summed E-state index contributed by atoms with van der Waals surface area (Å²) in [4.78, 5) is 41.9. The van der Waals surface area contributed by atoms with Crippen LogP contribution < -0.4 is 14.5 Å². The van der Waals surface area contributed by atoms with Gasteiger partial charge in [0.05, 0.1) is 18.0 Å². The second-order valence-electron chi connectivity index (χ2n) is 7.08. The van der Waals surface area contributed by atoms with E-state index in [0.717, 1.165) is 9.80 Å². The standard InChI is InChI=1S/C25H18Cl2N2O4/c1-2-33-21-13-3-16(4-14-21)15-22-23(30)28(19-9-5-17(26)6-10-19)25(32)29(24(22)31)20-11-7-18(27)8-12-20/h3-15H,2H2,1H3. The molecule has 3 aromatic rings. The first-order valence-corrected chi connectivity index (χ1v) is 10.8. The molecule has 0 atom stereocenters. The number of amides is 4. The van der Waals surface area contributed by atoms with Crippen LogP contribution in [-0.4, -0.2) is 24.5 Å². The van der Waals surface area contributed by atoms with Crippen molar-refractivity contribution in [3.63, 3.8) is 0 Å². The van der Waals surface area contributed by atoms with E-state index in [0.29, 0.717) is 39.3 Å². The highest BCUT2D eigenvalue weighted by molar-refractivity contribution is 6.46. The Morgan fingerprint density at radius 3 is 1.61 bits per heavy atom. The topological polar surface area (TPSA) is 66.9 Å². The molecule has 33 heavy (non-hydrogen) atoms. The molecule has 0 radical (unpaired) electrons. The first-order valence-electron chi connectivity index (χ1n) is 10.1. The van der Waals surface area contributed by atoms with Gasteiger partial charge in [-0.1, -0.05) is 35.3 Å². The normalized spacial score (nSPS) is 14.0. The molecule has 0 bridgehead atoms. The number of hydrogen-bond donors (Lipinski definition) is 0. The monoisotopic (exact) mass is 480 g/mol. The van der Waals surface area contributed by atoms with Gasteiger partial charge in [-0.25, -0.2) is 14.6 Å². The quantitative estimate of drug-likeness (QED) is 0.333. The van der Waals surface area contributed by atoms with Crippen molar-refractivity contribution in [2.75, 3.05) is 16.4 Å². The number of halogens is 2. The fourth-order valence-electron chi connectivity index (χ4n) is 3.36. The summed E-state index contributed by atoms with van der Waals surface area (Å²) in [6.07, 6.45) is 1.46. The Bertz CT molecular complexity index is 1170. The van der Waals surface area contributed by atoms with Crippen molar-refractivity contribution < 1.29 is 19.1 Å². The summed E-state index contributed by atoms with van der Waals surface area (Å²) in [7, 11) is 0. The highest BCUT2D eigenvalue weighted by atomic mass is 35.5. The van der Waals surface area contributed by atoms with Gasteiger partial charge in [0.1, 0.15) is 11.3 Å². The van der Waals surface area contributed by atoms with Gasteiger partial charge in [0.25, 0.3) is 11.8 Å². The van der Waals surface area contributed by atoms with Crippen molar-refractivity contribution >= 4 is 58.5 Å². The number of carbonyl (C=O) groups is 3. The van der Waals surface area contributed by atoms with E-state index >= 15 is 0 Å². The van der Waals surface area contributed by atoms with Crippen LogP contribution in [0.1, 0.15) is 12.5 Å². The minimum Gasteiger partial charge on any atom is -0.494 e. The number of carbonyl (C=O) groups excluding carboxylic acids is 3. The molecular formula is C25H18Cl2N2O4. The fraction of sp³-hybridized carbons (Fsp3) is 0.0800. The number of urea groups is 1. The van der Waals surface area contributed by atoms with Crippen molar-refractivity contribution in [3.05, 3.63) is 94.0 Å². The molecule has 8 heteroatoms. The van der Waals surface area contributed by atoms with E-state index in [1.54, 1.807) is 72.8 Å². The van der Waals surface area contributed by atoms with Crippen molar-refractivity contribution in [2.45, 2.75) is 6.92 Å². The van der Waals surface area contributed by atoms with Crippen molar-refractivity contribution in [1.29, 1.82) is 0 Å². The first kappa shape index (κ1) is 22.6. The summed E-state index contributed by atoms with van der Waals surface area (Å²) in [5, 5.41) is 0.901. The number of imide groups is 2. The molecule has 0 aromatic heterocycles. The fourth-order valence-corrected chi connectivity index (χ4v) is 3.61. The summed E-state index contributed by atoms with van der Waals surface area (Å²) in [5.41, 5.74) is 1.03. The molecule has 3 aromatic carbocycles. The first-order chi connectivity index (χ1) is 15.9. The van der Waals surface area contributed by atoms with E-state index in [1.165, 1.54) is 6.08 Å². The van der Waals surface area contributed by atoms with Gasteiger partial charge >= 0.3 is 6.03 Å². The molecule has 1 saturated heterocycles. The zero-order valence-corrected chi connectivity index (χ0v) is 19.0. The van der Waals surface area contributed by atoms with Crippen LogP contribution in [0.5, 0.6) is 5.75 Å². The van der Waals surface area contributed by atoms with Gasteiger partial charge < -0.3 is 4.74 Å². The molecule has 1 heterocycles. The summed E-state index contributed by atoms with van der Waals surface area (Å²) in [5.74, 6) is -0.792. The lowest BCUT2D eigenvalue weighted by atomic mass is 10.0. The highest BCUT2D eigenvalue weighted by Crippen LogP contribution is 2.31. The third-order valence-electron chi connectivity index (χ3n) is 4.92. The van der Waals surface area contributed by atoms with Crippen LogP contribution in [-0.2, 0) is 9.59 Å². The van der Waals surface area contributed by atoms with Gasteiger partial charge in [-0.15, -0.1) is 0 Å². The highest BCUT2D eigenvalue weighted by Gasteiger charge is 2.43. The zero-order valence-electron chi connectivity index (χ0n) is 17.5. The molecular weight excluding hydrogens is 463 g/mol. The number of ether oxygens (including phenoxy) is 1. The van der Waals surface area contributed by atoms with Crippen molar-refractivity contribution in [2.24, 2.45) is 0 Å². The van der Waals surface area contributed by atoms with Crippen molar-refractivity contribution in [3.8, 4) is 5.75 Å². The summed E-state index contributed by atoms with van der Waals surface area (Å²) in [6.45, 7) is 2.40. The Kier molecular flexibility index (Phi) is 6.49. The molecule has 1 fully saturated rings. The lowest BCUT2D eigenvalue weighted by molar-refractivity contribution is -0.121. The molecule has 4 rings (SSSR count). The molecule has 0 aliphatic carbocycles. The van der Waals surface area contributed by atoms with Gasteiger partial charge in [0.15, 0.2) is 0 Å². The van der Waals surface area contributed by atoms with Gasteiger partial charge in [0, 0.05) is 10.0 Å². The van der Waals surface area contributed by atoms with Gasteiger partial charge in [-0.3, -0.25) is 9.59 Å². The van der Waals surface area contributed by atoms with E-state index in [4.69, 9.17) is 27.9 Å². The number of nitrogens with zero attached hydrogens (tertiary/aromatic N) is 2. The smallest absolute Gasteiger partial charge is 0.343 e. The maximum absolute atomic E-state index is 13.3. The van der Waals surface area contributed by atoms with E-state index in [2.05, 4.69) is 0 Å². The lowest BCUT2D eigenvalue weighted by Gasteiger charge is -2.34. The number of anilines is 2. The third-order valence-corrected chi connectivity index (χ3v) is 5.43. The summed E-state index contributed by atoms with van der Waals surface area (Å²) < 4.78 is 5.44. The van der Waals surface area contributed by atoms with Crippen molar-refractivity contribution in [1.82, 2.24) is 0 Å². The maximum atomic E-state index is 13.3. The minimum atomic E-state index is -0.793. The number of hydrogen-bond acceptors (Lipinski definition) is 4. The Morgan fingerprint density at radius 1 is 0.727 bits per heavy atom. The number of benzene rings is 3. The van der Waals surface area contributed by atoms with Gasteiger partial charge in [-0.2, -0.15) is 0 Å². The number of rotatable bonds is 5. The molecule has 0 saturated carbocycles. The Hall–Kier alpha value is -3.61. The molecule has 0 unspecified atom stereocenters. The molecule has 0 N–H and O–H groups in total. The molecule has 166 valence electrons. The van der Waals surface area contributed by atoms with Crippen LogP contribution in [0, 0.1) is 0 Å². The predicted octanol–water partition coefficient (Wildman–Crippen LogP) is 5.98. The van der Waals surface area contributed by atoms with E-state index in [1.807, 2.05) is 6.92 Å². The van der Waals surface area contributed by atoms with E-state index < -0.39 is 17.8 Å². The predicted molar refractivity (Wildman–Crippen MR) is 129 cm³/mol. The Morgan fingerprint density at radius 2 is 1.18 bits per heavy atom. The Labute approximate surface area is 200 Å². The van der Waals surface area contributed by atoms with Crippen LogP contribution in [0.4, 0.5) is 16.2 Å². The van der Waals surface area contributed by atoms with Crippen LogP contribution in [0.3, 0.4) is 0 Å². The zero-order chi connectivity index (χ0) is 23.5. The maximum Gasteiger partial charge on any atom is 0.343 e. The van der Waals surface area contributed by atoms with E-state index in [-0.39, 0.29) is 5.57 Å². The SMILES string of the molecule is CCOc1ccc(C=C2C(=O)N(c3ccc(Cl)cc3)C(=O)N(c3ccc(Cl)cc3)C2=O)cc1. The lowest BCUT2D eigenvalue weighted by Crippen LogP contribution is -2.57. The molecule has 1 aliphatic rings. The second-order valence-corrected chi connectivity index (χ2v) is 7.95. The van der Waals surface area contributed by atoms with Crippen LogP contribution in [0.2, 0.25) is 10.0 Å². The van der Waals surface area contributed by atoms with Crippen LogP contribution in [0.25, 0.3) is 6.08 Å². The second kappa shape index (κ2) is 9.48. The van der Waals surface area contributed by atoms with Gasteiger partial charge in [0.2, 0.25) is 0 Å². The minimum absolute atomic E-state index is 0.163. The molecule has 6 nitrogen and oxygen atoms in total. The summed E-state index contributed by atoms with van der Waals surface area (Å²) in [6, 6.07) is 18.6. The van der Waals surface area contributed by atoms with Gasteiger partial charge in [-0.05, 0) is 79.2 Å². The average Bonchev–Trinajstić information content (AvgIpc) is 2.80. The largest absolute Gasteiger partial charge is 0.494 e. The average molecular weight is 481 g/mol. The molecule has 1 aliphatic heterocycles. The van der Waals surface area contributed by atoms with Crippen LogP contribution >= 0.6 is 23.2 Å². The number of barbiturate groups is 1.